The molecule has 0 bridgehead atoms. The fraction of sp³-hybridized carbons (Fsp3) is 1.00. The highest BCUT2D eigenvalue weighted by Crippen LogP contribution is 2.26. The van der Waals surface area contributed by atoms with Crippen LogP contribution in [0, 0.1) is 0 Å². The summed E-state index contributed by atoms with van der Waals surface area (Å²) in [5.74, 6) is 0. The van der Waals surface area contributed by atoms with Gasteiger partial charge < -0.3 is 4.74 Å². The van der Waals surface area contributed by atoms with Gasteiger partial charge >= 0.3 is 0 Å². The Labute approximate surface area is 79.4 Å². The second-order valence-corrected chi connectivity index (χ2v) is 10.4. The Morgan fingerprint density at radius 2 is 1.91 bits per heavy atom. The van der Waals surface area contributed by atoms with Gasteiger partial charge in [0.2, 0.25) is 0 Å². The van der Waals surface area contributed by atoms with Crippen molar-refractivity contribution in [2.45, 2.75) is 32.4 Å². The summed E-state index contributed by atoms with van der Waals surface area (Å²) in [5.41, 5.74) is 0. The molecule has 4 heteroatoms. The van der Waals surface area contributed by atoms with Crippen LogP contribution in [0.1, 0.15) is 20.3 Å². The Balaban J connectivity index is 3.23. The van der Waals surface area contributed by atoms with Crippen molar-refractivity contribution in [3.05, 3.63) is 0 Å². The molecule has 0 aliphatic heterocycles. The third-order valence-corrected chi connectivity index (χ3v) is 6.41. The molecule has 0 spiro atoms. The zero-order valence-corrected chi connectivity index (χ0v) is 9.71. The van der Waals surface area contributed by atoms with Crippen molar-refractivity contribution in [1.82, 2.24) is 0 Å². The van der Waals surface area contributed by atoms with Crippen molar-refractivity contribution in [3.8, 4) is 0 Å². The summed E-state index contributed by atoms with van der Waals surface area (Å²) in [5, 5.41) is 0. The number of rotatable bonds is 6. The summed E-state index contributed by atoms with van der Waals surface area (Å²) in [6.07, 6.45) is 1.00. The van der Waals surface area contributed by atoms with Crippen molar-refractivity contribution < 1.29 is 4.74 Å². The first kappa shape index (κ1) is 11.8. The average Bonchev–Trinajstić information content (AvgIpc) is 1.99. The maximum Gasteiger partial charge on any atom is 0.251 e. The monoisotopic (exact) mass is 214 g/mol. The second kappa shape index (κ2) is 6.29. The maximum atomic E-state index is 6.05. The summed E-state index contributed by atoms with van der Waals surface area (Å²) in [6.45, 7) is 3.76. The molecule has 0 radical (unpaired) electrons. The smallest absolute Gasteiger partial charge is 0.251 e. The fourth-order valence-electron chi connectivity index (χ4n) is 0.754. The zero-order chi connectivity index (χ0) is 8.74. The van der Waals surface area contributed by atoms with Gasteiger partial charge in [-0.2, -0.15) is 0 Å². The lowest BCUT2D eigenvalue weighted by molar-refractivity contribution is 0.148. The first-order valence-corrected chi connectivity index (χ1v) is 8.51. The molecule has 0 aromatic heterocycles. The van der Waals surface area contributed by atoms with E-state index < -0.39 is 6.69 Å². The van der Waals surface area contributed by atoms with E-state index in [1.807, 2.05) is 13.8 Å². The maximum absolute atomic E-state index is 6.05. The molecule has 0 rings (SSSR count). The Morgan fingerprint density at radius 3 is 2.36 bits per heavy atom. The van der Waals surface area contributed by atoms with E-state index in [9.17, 15) is 0 Å². The topological polar surface area (TPSA) is 9.23 Å². The van der Waals surface area contributed by atoms with Crippen molar-refractivity contribution in [1.29, 1.82) is 0 Å². The van der Waals surface area contributed by atoms with Crippen molar-refractivity contribution >= 4 is 28.9 Å². The Bertz CT molecular complexity index is 98.4. The number of hydrogen-bond acceptors (Lipinski definition) is 1. The summed E-state index contributed by atoms with van der Waals surface area (Å²) in [7, 11) is 0. The Kier molecular flexibility index (Phi) is 6.73. The van der Waals surface area contributed by atoms with Crippen molar-refractivity contribution in [3.63, 3.8) is 0 Å². The minimum atomic E-state index is -1.86. The molecule has 0 amide bonds. The third-order valence-electron chi connectivity index (χ3n) is 1.55. The summed E-state index contributed by atoms with van der Waals surface area (Å²) < 4.78 is 5.18. The Hall–Kier alpha value is 0.757. The highest BCUT2D eigenvalue weighted by atomic mass is 35.7. The van der Waals surface area contributed by atoms with Gasteiger partial charge in [-0.1, -0.05) is 6.92 Å². The molecule has 0 unspecified atom stereocenters. The molecule has 0 saturated carbocycles. The minimum Gasteiger partial charge on any atom is -0.382 e. The molecule has 0 N–H and O–H groups in total. The number of hydrogen-bond donors (Lipinski definition) is 0. The molecule has 0 saturated heterocycles. The molecule has 0 aromatic carbocycles. The highest BCUT2D eigenvalue weighted by Gasteiger charge is 2.24. The van der Waals surface area contributed by atoms with E-state index in [-0.39, 0.29) is 0 Å². The lowest BCUT2D eigenvalue weighted by Gasteiger charge is -2.12. The number of halogens is 2. The van der Waals surface area contributed by atoms with Crippen LogP contribution in [-0.4, -0.2) is 19.9 Å². The standard InChI is InChI=1S/C7H16Cl2OSi/c1-3-10-6-5-7-11(8,9)4-2/h3-7H2,1-2H3. The van der Waals surface area contributed by atoms with Gasteiger partial charge in [0, 0.05) is 13.2 Å². The molecular weight excluding hydrogens is 199 g/mol. The molecular formula is C7H16Cl2OSi. The first-order chi connectivity index (χ1) is 5.12. The third kappa shape index (κ3) is 7.13. The van der Waals surface area contributed by atoms with E-state index in [1.165, 1.54) is 0 Å². The van der Waals surface area contributed by atoms with Gasteiger partial charge in [-0.15, -0.1) is 22.2 Å². The van der Waals surface area contributed by atoms with Crippen LogP contribution in [0.15, 0.2) is 0 Å². The average molecular weight is 215 g/mol. The van der Waals surface area contributed by atoms with Crippen LogP contribution in [0.3, 0.4) is 0 Å². The molecule has 0 atom stereocenters. The van der Waals surface area contributed by atoms with Gasteiger partial charge in [0.15, 0.2) is 0 Å². The van der Waals surface area contributed by atoms with Gasteiger partial charge in [0.1, 0.15) is 0 Å². The summed E-state index contributed by atoms with van der Waals surface area (Å²) in [6, 6.07) is 1.88. The van der Waals surface area contributed by atoms with E-state index in [1.54, 1.807) is 0 Å². The summed E-state index contributed by atoms with van der Waals surface area (Å²) in [4.78, 5) is 0. The minimum absolute atomic E-state index is 0.783. The van der Waals surface area contributed by atoms with Crippen LogP contribution in [-0.2, 0) is 4.74 Å². The van der Waals surface area contributed by atoms with Crippen LogP contribution >= 0.6 is 22.2 Å². The van der Waals surface area contributed by atoms with E-state index in [4.69, 9.17) is 26.9 Å². The van der Waals surface area contributed by atoms with E-state index in [0.717, 1.165) is 31.7 Å². The van der Waals surface area contributed by atoms with Gasteiger partial charge in [0.25, 0.3) is 6.69 Å². The molecule has 68 valence electrons. The molecule has 11 heavy (non-hydrogen) atoms. The van der Waals surface area contributed by atoms with Gasteiger partial charge in [-0.05, 0) is 25.4 Å². The molecule has 0 heterocycles. The van der Waals surface area contributed by atoms with Gasteiger partial charge in [-0.3, -0.25) is 0 Å². The van der Waals surface area contributed by atoms with Crippen LogP contribution in [0.2, 0.25) is 12.1 Å². The second-order valence-electron chi connectivity index (χ2n) is 2.51. The van der Waals surface area contributed by atoms with Gasteiger partial charge in [-0.25, -0.2) is 0 Å². The predicted octanol–water partition coefficient (Wildman–Crippen LogP) is 3.35. The van der Waals surface area contributed by atoms with Crippen molar-refractivity contribution in [2.75, 3.05) is 13.2 Å². The van der Waals surface area contributed by atoms with E-state index in [2.05, 4.69) is 0 Å². The van der Waals surface area contributed by atoms with Crippen LogP contribution in [0.25, 0.3) is 0 Å². The fourth-order valence-corrected chi connectivity index (χ4v) is 2.57. The van der Waals surface area contributed by atoms with E-state index in [0.29, 0.717) is 0 Å². The molecule has 0 fully saturated rings. The molecule has 0 aliphatic carbocycles. The van der Waals surface area contributed by atoms with Gasteiger partial charge in [0.05, 0.1) is 0 Å². The SMILES string of the molecule is CCOCCC[Si](Cl)(Cl)CC. The lowest BCUT2D eigenvalue weighted by atomic mass is 10.5. The molecule has 1 nitrogen and oxygen atoms in total. The van der Waals surface area contributed by atoms with Crippen LogP contribution in [0.4, 0.5) is 0 Å². The van der Waals surface area contributed by atoms with Crippen molar-refractivity contribution in [2.24, 2.45) is 0 Å². The number of ether oxygens (including phenoxy) is 1. The molecule has 0 aromatic rings. The van der Waals surface area contributed by atoms with E-state index >= 15 is 0 Å². The summed E-state index contributed by atoms with van der Waals surface area (Å²) >= 11 is 12.1. The van der Waals surface area contributed by atoms with Crippen LogP contribution < -0.4 is 0 Å². The normalized spacial score (nSPS) is 12.0. The quantitative estimate of drug-likeness (QED) is 0.375. The highest BCUT2D eigenvalue weighted by molar-refractivity contribution is 7.45. The predicted molar refractivity (Wildman–Crippen MR) is 53.9 cm³/mol. The molecule has 0 aliphatic rings. The first-order valence-electron chi connectivity index (χ1n) is 4.08. The Morgan fingerprint density at radius 1 is 1.27 bits per heavy atom. The largest absolute Gasteiger partial charge is 0.382 e. The van der Waals surface area contributed by atoms with Crippen LogP contribution in [0.5, 0.6) is 0 Å². The zero-order valence-electron chi connectivity index (χ0n) is 7.20. The lowest BCUT2D eigenvalue weighted by Crippen LogP contribution is -2.17.